The molecule has 0 amide bonds. The molecular formula is C18H17N3O2. The number of rotatable bonds is 3. The van der Waals surface area contributed by atoms with Crippen LogP contribution < -0.4 is 0 Å². The first-order chi connectivity index (χ1) is 11.2. The smallest absolute Gasteiger partial charge is 0.314 e. The van der Waals surface area contributed by atoms with Crippen LogP contribution in [0.25, 0.3) is 16.7 Å². The molecule has 116 valence electrons. The number of esters is 1. The molecule has 1 aliphatic rings. The SMILES string of the molecule is COC(=O)C1C=C(c2cncc(-c3cccnc3)c2)C=NC1C. The van der Waals surface area contributed by atoms with Crippen molar-refractivity contribution in [3.05, 3.63) is 54.6 Å². The number of pyridine rings is 2. The van der Waals surface area contributed by atoms with Gasteiger partial charge in [0.2, 0.25) is 0 Å². The van der Waals surface area contributed by atoms with Gasteiger partial charge in [-0.25, -0.2) is 0 Å². The molecule has 2 atom stereocenters. The Labute approximate surface area is 134 Å². The van der Waals surface area contributed by atoms with Gasteiger partial charge in [0.05, 0.1) is 19.1 Å². The summed E-state index contributed by atoms with van der Waals surface area (Å²) in [6, 6.07) is 5.77. The fourth-order valence-electron chi connectivity index (χ4n) is 2.53. The number of aliphatic imine (C=N–C) groups is 1. The Bertz CT molecular complexity index is 769. The van der Waals surface area contributed by atoms with E-state index in [0.717, 1.165) is 22.3 Å². The fourth-order valence-corrected chi connectivity index (χ4v) is 2.53. The zero-order valence-electron chi connectivity index (χ0n) is 13.0. The molecule has 0 aliphatic carbocycles. The number of allylic oxidation sites excluding steroid dienone is 1. The van der Waals surface area contributed by atoms with Crippen LogP contribution in [0.3, 0.4) is 0 Å². The van der Waals surface area contributed by atoms with Crippen LogP contribution in [-0.4, -0.2) is 35.3 Å². The van der Waals surface area contributed by atoms with Gasteiger partial charge in [0.15, 0.2) is 0 Å². The summed E-state index contributed by atoms with van der Waals surface area (Å²) >= 11 is 0. The third kappa shape index (κ3) is 3.18. The molecule has 0 bridgehead atoms. The molecule has 0 saturated carbocycles. The topological polar surface area (TPSA) is 64.4 Å². The maximum absolute atomic E-state index is 11.9. The van der Waals surface area contributed by atoms with Crippen LogP contribution in [0.5, 0.6) is 0 Å². The molecule has 5 nitrogen and oxygen atoms in total. The molecule has 0 fully saturated rings. The number of hydrogen-bond acceptors (Lipinski definition) is 5. The van der Waals surface area contributed by atoms with Crippen LogP contribution in [-0.2, 0) is 9.53 Å². The first-order valence-electron chi connectivity index (χ1n) is 7.37. The van der Waals surface area contributed by atoms with E-state index < -0.39 is 0 Å². The van der Waals surface area contributed by atoms with Gasteiger partial charge in [-0.1, -0.05) is 12.1 Å². The highest BCUT2D eigenvalue weighted by atomic mass is 16.5. The average molecular weight is 307 g/mol. The van der Waals surface area contributed by atoms with Crippen LogP contribution in [0.15, 0.2) is 54.1 Å². The Morgan fingerprint density at radius 1 is 1.13 bits per heavy atom. The zero-order chi connectivity index (χ0) is 16.2. The number of hydrogen-bond donors (Lipinski definition) is 0. The highest BCUT2D eigenvalue weighted by Gasteiger charge is 2.26. The maximum atomic E-state index is 11.9. The summed E-state index contributed by atoms with van der Waals surface area (Å²) in [5.41, 5.74) is 3.75. The third-order valence-electron chi connectivity index (χ3n) is 3.87. The molecule has 5 heteroatoms. The molecule has 2 aromatic rings. The largest absolute Gasteiger partial charge is 0.469 e. The summed E-state index contributed by atoms with van der Waals surface area (Å²) in [5, 5.41) is 0. The first-order valence-corrected chi connectivity index (χ1v) is 7.37. The Morgan fingerprint density at radius 3 is 2.65 bits per heavy atom. The van der Waals surface area contributed by atoms with Crippen molar-refractivity contribution in [2.24, 2.45) is 10.9 Å². The van der Waals surface area contributed by atoms with Crippen molar-refractivity contribution in [1.82, 2.24) is 9.97 Å². The van der Waals surface area contributed by atoms with E-state index in [1.54, 1.807) is 31.0 Å². The number of nitrogens with zero attached hydrogens (tertiary/aromatic N) is 3. The molecule has 1 aliphatic heterocycles. The van der Waals surface area contributed by atoms with Crippen molar-refractivity contribution in [2.45, 2.75) is 13.0 Å². The van der Waals surface area contributed by atoms with E-state index in [0.29, 0.717) is 0 Å². The van der Waals surface area contributed by atoms with Gasteiger partial charge >= 0.3 is 5.97 Å². The van der Waals surface area contributed by atoms with Gasteiger partial charge in [-0.05, 0) is 24.6 Å². The standard InChI is InChI=1S/C18H17N3O2/c1-12-17(18(22)23-2)7-16(11-21-12)15-6-14(9-20-10-15)13-4-3-5-19-8-13/h3-12,17H,1-2H3. The van der Waals surface area contributed by atoms with Crippen molar-refractivity contribution < 1.29 is 9.53 Å². The predicted molar refractivity (Wildman–Crippen MR) is 88.9 cm³/mol. The molecular weight excluding hydrogens is 290 g/mol. The molecule has 0 radical (unpaired) electrons. The number of carbonyl (C=O) groups is 1. The molecule has 0 spiro atoms. The first kappa shape index (κ1) is 15.1. The minimum atomic E-state index is -0.373. The van der Waals surface area contributed by atoms with Crippen LogP contribution in [0, 0.1) is 5.92 Å². The fraction of sp³-hybridized carbons (Fsp3) is 0.222. The van der Waals surface area contributed by atoms with Gasteiger partial charge < -0.3 is 4.74 Å². The van der Waals surface area contributed by atoms with Crippen molar-refractivity contribution >= 4 is 17.8 Å². The molecule has 0 aromatic carbocycles. The van der Waals surface area contributed by atoms with Crippen molar-refractivity contribution in [2.75, 3.05) is 7.11 Å². The highest BCUT2D eigenvalue weighted by molar-refractivity contribution is 6.11. The van der Waals surface area contributed by atoms with E-state index >= 15 is 0 Å². The second-order valence-corrected chi connectivity index (χ2v) is 5.39. The lowest BCUT2D eigenvalue weighted by Crippen LogP contribution is -2.27. The van der Waals surface area contributed by atoms with Gasteiger partial charge in [0, 0.05) is 47.7 Å². The van der Waals surface area contributed by atoms with E-state index in [2.05, 4.69) is 15.0 Å². The molecule has 3 rings (SSSR count). The predicted octanol–water partition coefficient (Wildman–Crippen LogP) is 2.79. The molecule has 2 unspecified atom stereocenters. The van der Waals surface area contributed by atoms with Crippen LogP contribution in [0.4, 0.5) is 0 Å². The van der Waals surface area contributed by atoms with Gasteiger partial charge in [0.25, 0.3) is 0 Å². The van der Waals surface area contributed by atoms with Gasteiger partial charge in [-0.2, -0.15) is 0 Å². The summed E-state index contributed by atoms with van der Waals surface area (Å²) < 4.78 is 4.86. The molecule has 2 aromatic heterocycles. The lowest BCUT2D eigenvalue weighted by molar-refractivity contribution is -0.144. The second-order valence-electron chi connectivity index (χ2n) is 5.39. The number of aromatic nitrogens is 2. The molecule has 0 saturated heterocycles. The second kappa shape index (κ2) is 6.52. The number of carbonyl (C=O) groups excluding carboxylic acids is 1. The normalized spacial score (nSPS) is 20.0. The number of ether oxygens (including phenoxy) is 1. The monoisotopic (exact) mass is 307 g/mol. The maximum Gasteiger partial charge on any atom is 0.314 e. The van der Waals surface area contributed by atoms with E-state index in [9.17, 15) is 4.79 Å². The Hall–Kier alpha value is -2.82. The minimum absolute atomic E-state index is 0.124. The van der Waals surface area contributed by atoms with Crippen molar-refractivity contribution in [1.29, 1.82) is 0 Å². The van der Waals surface area contributed by atoms with E-state index in [4.69, 9.17) is 4.74 Å². The third-order valence-corrected chi connectivity index (χ3v) is 3.87. The Balaban J connectivity index is 1.96. The quantitative estimate of drug-likeness (QED) is 0.818. The molecule has 0 N–H and O–H groups in total. The number of methoxy groups -OCH3 is 1. The minimum Gasteiger partial charge on any atom is -0.469 e. The summed E-state index contributed by atoms with van der Waals surface area (Å²) in [4.78, 5) is 24.7. The Kier molecular flexibility index (Phi) is 4.28. The van der Waals surface area contributed by atoms with Crippen molar-refractivity contribution in [3.63, 3.8) is 0 Å². The van der Waals surface area contributed by atoms with Crippen molar-refractivity contribution in [3.8, 4) is 11.1 Å². The van der Waals surface area contributed by atoms with E-state index in [1.165, 1.54) is 7.11 Å². The summed E-state index contributed by atoms with van der Waals surface area (Å²) in [6.45, 7) is 1.90. The summed E-state index contributed by atoms with van der Waals surface area (Å²) in [5.74, 6) is -0.648. The van der Waals surface area contributed by atoms with Gasteiger partial charge in [0.1, 0.15) is 0 Å². The Morgan fingerprint density at radius 2 is 1.91 bits per heavy atom. The lowest BCUT2D eigenvalue weighted by atomic mass is 9.93. The van der Waals surface area contributed by atoms with Crippen LogP contribution in [0.2, 0.25) is 0 Å². The highest BCUT2D eigenvalue weighted by Crippen LogP contribution is 2.26. The number of dihydropyridines is 1. The molecule has 3 heterocycles. The summed E-state index contributed by atoms with van der Waals surface area (Å²) in [6.07, 6.45) is 10.8. The zero-order valence-corrected chi connectivity index (χ0v) is 13.0. The van der Waals surface area contributed by atoms with E-state index in [-0.39, 0.29) is 17.9 Å². The van der Waals surface area contributed by atoms with E-state index in [1.807, 2.05) is 31.2 Å². The van der Waals surface area contributed by atoms with Crippen LogP contribution in [0.1, 0.15) is 12.5 Å². The lowest BCUT2D eigenvalue weighted by Gasteiger charge is -2.20. The van der Waals surface area contributed by atoms with Gasteiger partial charge in [-0.15, -0.1) is 0 Å². The van der Waals surface area contributed by atoms with Gasteiger partial charge in [-0.3, -0.25) is 19.8 Å². The summed E-state index contributed by atoms with van der Waals surface area (Å²) in [7, 11) is 1.39. The van der Waals surface area contributed by atoms with Crippen LogP contribution >= 0.6 is 0 Å². The average Bonchev–Trinajstić information content (AvgIpc) is 2.62. The molecule has 23 heavy (non-hydrogen) atoms.